The summed E-state index contributed by atoms with van der Waals surface area (Å²) in [6.45, 7) is 4.36. The predicted octanol–water partition coefficient (Wildman–Crippen LogP) is 4.50. The molecule has 0 unspecified atom stereocenters. The summed E-state index contributed by atoms with van der Waals surface area (Å²) >= 11 is 0. The van der Waals surface area contributed by atoms with Gasteiger partial charge in [-0.3, -0.25) is 4.79 Å². The number of carbonyl (C=O) groups excluding carboxylic acids is 1. The Morgan fingerprint density at radius 3 is 2.58 bits per heavy atom. The van der Waals surface area contributed by atoms with Gasteiger partial charge < -0.3 is 10.1 Å². The van der Waals surface area contributed by atoms with Crippen LogP contribution < -0.4 is 10.1 Å². The molecule has 0 amide bonds. The first kappa shape index (κ1) is 17.1. The van der Waals surface area contributed by atoms with Crippen LogP contribution in [0.25, 0.3) is 5.70 Å². The van der Waals surface area contributed by atoms with Crippen LogP contribution >= 0.6 is 0 Å². The maximum absolute atomic E-state index is 12.9. The number of benzene rings is 1. The number of hydrogen-bond donors (Lipinski definition) is 1. The van der Waals surface area contributed by atoms with Crippen molar-refractivity contribution in [3.05, 3.63) is 35.4 Å². The molecule has 1 N–H and O–H groups in total. The third-order valence-corrected chi connectivity index (χ3v) is 5.25. The highest BCUT2D eigenvalue weighted by Crippen LogP contribution is 2.36. The minimum absolute atomic E-state index is 0.0606. The molecule has 1 aliphatic carbocycles. The Balaban J connectivity index is 1.96. The molecule has 3 heteroatoms. The molecule has 0 spiro atoms. The summed E-state index contributed by atoms with van der Waals surface area (Å²) in [6.07, 6.45) is 9.73. The number of hydrogen-bond acceptors (Lipinski definition) is 3. The molecule has 24 heavy (non-hydrogen) atoms. The van der Waals surface area contributed by atoms with Gasteiger partial charge in [-0.15, -0.1) is 0 Å². The summed E-state index contributed by atoms with van der Waals surface area (Å²) < 4.78 is 5.57. The molecule has 1 fully saturated rings. The largest absolute Gasteiger partial charge is 0.496 e. The van der Waals surface area contributed by atoms with Crippen LogP contribution in [0.1, 0.15) is 63.5 Å². The number of methoxy groups -OCH3 is 1. The number of nitrogens with one attached hydrogen (secondary N) is 1. The first-order valence-corrected chi connectivity index (χ1v) is 9.20. The molecule has 130 valence electrons. The molecular weight excluding hydrogens is 298 g/mol. The normalized spacial score (nSPS) is 22.4. The summed E-state index contributed by atoms with van der Waals surface area (Å²) in [6, 6.07) is 6.15. The fraction of sp³-hybridized carbons (Fsp3) is 0.571. The van der Waals surface area contributed by atoms with Crippen molar-refractivity contribution in [2.24, 2.45) is 5.92 Å². The SMILES string of the molecule is COc1cccc2c1/C(=C/C(=O)C1CCCCCC1)NC(C)(C)C2. The molecule has 1 aromatic carbocycles. The van der Waals surface area contributed by atoms with Crippen molar-refractivity contribution in [1.82, 2.24) is 5.32 Å². The Bertz CT molecular complexity index is 637. The Labute approximate surface area is 145 Å². The van der Waals surface area contributed by atoms with Gasteiger partial charge in [-0.05, 0) is 44.7 Å². The highest BCUT2D eigenvalue weighted by molar-refractivity contribution is 5.99. The lowest BCUT2D eigenvalue weighted by Crippen LogP contribution is -2.44. The van der Waals surface area contributed by atoms with Gasteiger partial charge in [-0.1, -0.05) is 37.8 Å². The lowest BCUT2D eigenvalue weighted by molar-refractivity contribution is -0.118. The molecule has 2 aliphatic rings. The van der Waals surface area contributed by atoms with E-state index in [2.05, 4.69) is 25.2 Å². The van der Waals surface area contributed by atoms with E-state index in [9.17, 15) is 4.79 Å². The lowest BCUT2D eigenvalue weighted by Gasteiger charge is -2.36. The first-order valence-electron chi connectivity index (χ1n) is 9.20. The molecule has 0 atom stereocenters. The van der Waals surface area contributed by atoms with Gasteiger partial charge in [0.1, 0.15) is 5.75 Å². The van der Waals surface area contributed by atoms with Crippen LogP contribution in [0.4, 0.5) is 0 Å². The Morgan fingerprint density at radius 1 is 1.21 bits per heavy atom. The Kier molecular flexibility index (Phi) is 4.98. The summed E-state index contributed by atoms with van der Waals surface area (Å²) in [5.41, 5.74) is 3.17. The van der Waals surface area contributed by atoms with E-state index in [1.54, 1.807) is 7.11 Å². The van der Waals surface area contributed by atoms with Crippen LogP contribution in [0.2, 0.25) is 0 Å². The quantitative estimate of drug-likeness (QED) is 0.656. The standard InChI is InChI=1S/C21H29NO2/c1-21(2)14-16-11-8-12-19(24-3)20(16)17(22-21)13-18(23)15-9-6-4-5-7-10-15/h8,11-13,15,22H,4-7,9-10,14H2,1-3H3/b17-13-. The topological polar surface area (TPSA) is 38.3 Å². The zero-order chi connectivity index (χ0) is 17.2. The highest BCUT2D eigenvalue weighted by atomic mass is 16.5. The molecule has 0 bridgehead atoms. The van der Waals surface area contributed by atoms with Gasteiger partial charge in [0, 0.05) is 28.8 Å². The van der Waals surface area contributed by atoms with E-state index in [4.69, 9.17) is 4.74 Å². The number of allylic oxidation sites excluding steroid dienone is 1. The van der Waals surface area contributed by atoms with E-state index in [0.717, 1.165) is 36.3 Å². The minimum Gasteiger partial charge on any atom is -0.496 e. The van der Waals surface area contributed by atoms with Crippen LogP contribution in [0.3, 0.4) is 0 Å². The third-order valence-electron chi connectivity index (χ3n) is 5.25. The van der Waals surface area contributed by atoms with E-state index in [1.165, 1.54) is 31.2 Å². The molecule has 0 saturated heterocycles. The van der Waals surface area contributed by atoms with Crippen molar-refractivity contribution in [3.8, 4) is 5.75 Å². The average Bonchev–Trinajstić information content (AvgIpc) is 2.82. The van der Waals surface area contributed by atoms with Crippen LogP contribution in [0, 0.1) is 5.92 Å². The molecule has 1 aliphatic heterocycles. The number of ether oxygens (including phenoxy) is 1. The van der Waals surface area contributed by atoms with Crippen LogP contribution in [0.5, 0.6) is 5.75 Å². The molecule has 1 heterocycles. The molecule has 3 rings (SSSR count). The molecular formula is C21H29NO2. The summed E-state index contributed by atoms with van der Waals surface area (Å²) in [7, 11) is 1.69. The van der Waals surface area contributed by atoms with Crippen LogP contribution in [-0.2, 0) is 11.2 Å². The predicted molar refractivity (Wildman–Crippen MR) is 98.1 cm³/mol. The number of ketones is 1. The molecule has 0 radical (unpaired) electrons. The van der Waals surface area contributed by atoms with Gasteiger partial charge in [0.15, 0.2) is 5.78 Å². The summed E-state index contributed by atoms with van der Waals surface area (Å²) in [4.78, 5) is 12.9. The van der Waals surface area contributed by atoms with E-state index in [1.807, 2.05) is 18.2 Å². The second kappa shape index (κ2) is 7.00. The zero-order valence-corrected chi connectivity index (χ0v) is 15.2. The van der Waals surface area contributed by atoms with Crippen molar-refractivity contribution >= 4 is 11.5 Å². The van der Waals surface area contributed by atoms with Crippen LogP contribution in [0.15, 0.2) is 24.3 Å². The van der Waals surface area contributed by atoms with E-state index >= 15 is 0 Å². The van der Waals surface area contributed by atoms with E-state index in [-0.39, 0.29) is 17.2 Å². The van der Waals surface area contributed by atoms with Gasteiger partial charge in [-0.2, -0.15) is 0 Å². The second-order valence-corrected chi connectivity index (χ2v) is 7.83. The molecule has 1 saturated carbocycles. The first-order chi connectivity index (χ1) is 11.5. The van der Waals surface area contributed by atoms with Crippen molar-refractivity contribution in [2.45, 2.75) is 64.3 Å². The maximum Gasteiger partial charge on any atom is 0.160 e. The maximum atomic E-state index is 12.9. The summed E-state index contributed by atoms with van der Waals surface area (Å²) in [5, 5.41) is 3.57. The molecule has 1 aromatic rings. The summed E-state index contributed by atoms with van der Waals surface area (Å²) in [5.74, 6) is 1.30. The Hall–Kier alpha value is -1.77. The number of carbonyl (C=O) groups is 1. The van der Waals surface area contributed by atoms with Crippen molar-refractivity contribution < 1.29 is 9.53 Å². The van der Waals surface area contributed by atoms with E-state index < -0.39 is 0 Å². The fourth-order valence-corrected chi connectivity index (χ4v) is 4.08. The lowest BCUT2D eigenvalue weighted by atomic mass is 9.84. The monoisotopic (exact) mass is 327 g/mol. The van der Waals surface area contributed by atoms with Crippen LogP contribution in [-0.4, -0.2) is 18.4 Å². The van der Waals surface area contributed by atoms with Gasteiger partial charge in [0.05, 0.1) is 7.11 Å². The second-order valence-electron chi connectivity index (χ2n) is 7.83. The minimum atomic E-state index is -0.0606. The van der Waals surface area contributed by atoms with E-state index in [0.29, 0.717) is 0 Å². The van der Waals surface area contributed by atoms with Crippen molar-refractivity contribution in [2.75, 3.05) is 7.11 Å². The molecule has 3 nitrogen and oxygen atoms in total. The van der Waals surface area contributed by atoms with Gasteiger partial charge in [0.25, 0.3) is 0 Å². The van der Waals surface area contributed by atoms with Crippen molar-refractivity contribution in [1.29, 1.82) is 0 Å². The fourth-order valence-electron chi connectivity index (χ4n) is 4.08. The van der Waals surface area contributed by atoms with Gasteiger partial charge in [0.2, 0.25) is 0 Å². The number of fused-ring (bicyclic) bond motifs is 1. The third kappa shape index (κ3) is 3.66. The Morgan fingerprint density at radius 2 is 1.92 bits per heavy atom. The van der Waals surface area contributed by atoms with Gasteiger partial charge >= 0.3 is 0 Å². The van der Waals surface area contributed by atoms with Crippen molar-refractivity contribution in [3.63, 3.8) is 0 Å². The molecule has 0 aromatic heterocycles. The smallest absolute Gasteiger partial charge is 0.160 e. The zero-order valence-electron chi connectivity index (χ0n) is 15.2. The average molecular weight is 327 g/mol. The number of rotatable bonds is 3. The highest BCUT2D eigenvalue weighted by Gasteiger charge is 2.30. The van der Waals surface area contributed by atoms with Gasteiger partial charge in [-0.25, -0.2) is 0 Å².